The SMILES string of the molecule is O=C(CN1CCC[C@H]1c1cccs1)Nc1ccc(F)c(F)c1. The monoisotopic (exact) mass is 322 g/mol. The molecule has 1 aliphatic heterocycles. The highest BCUT2D eigenvalue weighted by Crippen LogP contribution is 2.34. The molecule has 116 valence electrons. The number of hydrogen-bond acceptors (Lipinski definition) is 3. The Hall–Kier alpha value is -1.79. The van der Waals surface area contributed by atoms with E-state index in [0.717, 1.165) is 31.5 Å². The first-order valence-corrected chi connectivity index (χ1v) is 8.04. The van der Waals surface area contributed by atoms with Crippen molar-refractivity contribution in [1.82, 2.24) is 4.90 Å². The van der Waals surface area contributed by atoms with Crippen LogP contribution in [0.3, 0.4) is 0 Å². The summed E-state index contributed by atoms with van der Waals surface area (Å²) in [5, 5.41) is 4.65. The second-order valence-electron chi connectivity index (χ2n) is 5.32. The van der Waals surface area contributed by atoms with Gasteiger partial charge < -0.3 is 5.32 Å². The van der Waals surface area contributed by atoms with Gasteiger partial charge in [-0.25, -0.2) is 8.78 Å². The molecule has 0 radical (unpaired) electrons. The molecule has 1 saturated heterocycles. The third-order valence-electron chi connectivity index (χ3n) is 3.79. The van der Waals surface area contributed by atoms with Gasteiger partial charge in [0.05, 0.1) is 6.54 Å². The van der Waals surface area contributed by atoms with Crippen molar-refractivity contribution in [2.45, 2.75) is 18.9 Å². The number of amides is 1. The molecule has 6 heteroatoms. The van der Waals surface area contributed by atoms with Crippen molar-refractivity contribution in [2.24, 2.45) is 0 Å². The van der Waals surface area contributed by atoms with Gasteiger partial charge in [0.15, 0.2) is 11.6 Å². The highest BCUT2D eigenvalue weighted by molar-refractivity contribution is 7.10. The van der Waals surface area contributed by atoms with Crippen LogP contribution in [0.5, 0.6) is 0 Å². The number of benzene rings is 1. The van der Waals surface area contributed by atoms with E-state index in [-0.39, 0.29) is 24.2 Å². The van der Waals surface area contributed by atoms with Gasteiger partial charge in [0.25, 0.3) is 0 Å². The smallest absolute Gasteiger partial charge is 0.238 e. The van der Waals surface area contributed by atoms with Crippen molar-refractivity contribution >= 4 is 22.9 Å². The molecule has 3 nitrogen and oxygen atoms in total. The zero-order valence-electron chi connectivity index (χ0n) is 11.9. The molecular formula is C16H16F2N2OS. The molecular weight excluding hydrogens is 306 g/mol. The van der Waals surface area contributed by atoms with Crippen LogP contribution in [0.25, 0.3) is 0 Å². The third-order valence-corrected chi connectivity index (χ3v) is 4.76. The number of anilines is 1. The van der Waals surface area contributed by atoms with Gasteiger partial charge in [-0.15, -0.1) is 11.3 Å². The number of nitrogens with zero attached hydrogens (tertiary/aromatic N) is 1. The summed E-state index contributed by atoms with van der Waals surface area (Å²) in [5.41, 5.74) is 0.274. The molecule has 0 unspecified atom stereocenters. The van der Waals surface area contributed by atoms with Crippen LogP contribution in [0.4, 0.5) is 14.5 Å². The van der Waals surface area contributed by atoms with Crippen LogP contribution in [-0.4, -0.2) is 23.9 Å². The molecule has 1 aromatic heterocycles. The molecule has 1 atom stereocenters. The zero-order valence-corrected chi connectivity index (χ0v) is 12.7. The van der Waals surface area contributed by atoms with Gasteiger partial charge in [0.1, 0.15) is 0 Å². The summed E-state index contributed by atoms with van der Waals surface area (Å²) < 4.78 is 26.0. The van der Waals surface area contributed by atoms with E-state index in [2.05, 4.69) is 16.3 Å². The Morgan fingerprint density at radius 1 is 1.32 bits per heavy atom. The fraction of sp³-hybridized carbons (Fsp3) is 0.312. The number of nitrogens with one attached hydrogen (secondary N) is 1. The Kier molecular flexibility index (Phi) is 4.49. The number of halogens is 2. The molecule has 0 bridgehead atoms. The number of carbonyl (C=O) groups excluding carboxylic acids is 1. The first kappa shape index (κ1) is 15.1. The molecule has 1 fully saturated rings. The van der Waals surface area contributed by atoms with E-state index in [1.807, 2.05) is 11.4 Å². The second-order valence-corrected chi connectivity index (χ2v) is 6.30. The zero-order chi connectivity index (χ0) is 15.5. The molecule has 1 aliphatic rings. The second kappa shape index (κ2) is 6.54. The topological polar surface area (TPSA) is 32.3 Å². The number of thiophene rings is 1. The van der Waals surface area contributed by atoms with E-state index < -0.39 is 11.6 Å². The number of carbonyl (C=O) groups is 1. The Morgan fingerprint density at radius 3 is 2.91 bits per heavy atom. The Labute approximate surface area is 131 Å². The molecule has 1 N–H and O–H groups in total. The van der Waals surface area contributed by atoms with Crippen LogP contribution >= 0.6 is 11.3 Å². The normalized spacial score (nSPS) is 18.5. The molecule has 0 aliphatic carbocycles. The maximum atomic E-state index is 13.1. The predicted octanol–water partition coefficient (Wildman–Crippen LogP) is 3.80. The summed E-state index contributed by atoms with van der Waals surface area (Å²) in [4.78, 5) is 15.5. The molecule has 2 aromatic rings. The number of likely N-dealkylation sites (tertiary alicyclic amines) is 1. The standard InChI is InChI=1S/C16H16F2N2OS/c17-12-6-5-11(9-13(12)18)19-16(21)10-20-7-1-3-14(20)15-4-2-8-22-15/h2,4-6,8-9,14H,1,3,7,10H2,(H,19,21)/t14-/m0/s1. The first-order chi connectivity index (χ1) is 10.6. The van der Waals surface area contributed by atoms with Gasteiger partial charge >= 0.3 is 0 Å². The van der Waals surface area contributed by atoms with Gasteiger partial charge in [-0.1, -0.05) is 6.07 Å². The van der Waals surface area contributed by atoms with Gasteiger partial charge in [-0.2, -0.15) is 0 Å². The third kappa shape index (κ3) is 3.34. The summed E-state index contributed by atoms with van der Waals surface area (Å²) in [5.74, 6) is -2.10. The van der Waals surface area contributed by atoms with Crippen LogP contribution in [0.2, 0.25) is 0 Å². The lowest BCUT2D eigenvalue weighted by Crippen LogP contribution is -2.32. The van der Waals surface area contributed by atoms with Crippen molar-refractivity contribution < 1.29 is 13.6 Å². The van der Waals surface area contributed by atoms with E-state index in [4.69, 9.17) is 0 Å². The van der Waals surface area contributed by atoms with E-state index in [1.165, 1.54) is 10.9 Å². The van der Waals surface area contributed by atoms with E-state index in [0.29, 0.717) is 0 Å². The van der Waals surface area contributed by atoms with Crippen LogP contribution in [-0.2, 0) is 4.79 Å². The van der Waals surface area contributed by atoms with Crippen LogP contribution in [0.1, 0.15) is 23.8 Å². The Bertz CT molecular complexity index is 660. The highest BCUT2D eigenvalue weighted by atomic mass is 32.1. The average Bonchev–Trinajstić information content (AvgIpc) is 3.13. The van der Waals surface area contributed by atoms with Gasteiger partial charge in [0.2, 0.25) is 5.91 Å². The average molecular weight is 322 g/mol. The Balaban J connectivity index is 1.62. The maximum Gasteiger partial charge on any atom is 0.238 e. The van der Waals surface area contributed by atoms with Crippen LogP contribution < -0.4 is 5.32 Å². The quantitative estimate of drug-likeness (QED) is 0.928. The predicted molar refractivity (Wildman–Crippen MR) is 82.9 cm³/mol. The van der Waals surface area contributed by atoms with E-state index >= 15 is 0 Å². The van der Waals surface area contributed by atoms with Crippen LogP contribution in [0.15, 0.2) is 35.7 Å². The molecule has 1 amide bonds. The van der Waals surface area contributed by atoms with E-state index in [1.54, 1.807) is 11.3 Å². The van der Waals surface area contributed by atoms with Gasteiger partial charge in [-0.05, 0) is 43.0 Å². The lowest BCUT2D eigenvalue weighted by atomic mass is 10.2. The fourth-order valence-corrected chi connectivity index (χ4v) is 3.67. The summed E-state index contributed by atoms with van der Waals surface area (Å²) in [6.07, 6.45) is 2.10. The fourth-order valence-electron chi connectivity index (χ4n) is 2.78. The molecule has 0 saturated carbocycles. The molecule has 2 heterocycles. The number of hydrogen-bond donors (Lipinski definition) is 1. The van der Waals surface area contributed by atoms with Crippen molar-refractivity contribution in [1.29, 1.82) is 0 Å². The Morgan fingerprint density at radius 2 is 2.18 bits per heavy atom. The number of rotatable bonds is 4. The lowest BCUT2D eigenvalue weighted by Gasteiger charge is -2.22. The van der Waals surface area contributed by atoms with Gasteiger partial charge in [-0.3, -0.25) is 9.69 Å². The lowest BCUT2D eigenvalue weighted by molar-refractivity contribution is -0.117. The largest absolute Gasteiger partial charge is 0.325 e. The molecule has 1 aromatic carbocycles. The van der Waals surface area contributed by atoms with Crippen molar-refractivity contribution in [3.63, 3.8) is 0 Å². The molecule has 0 spiro atoms. The van der Waals surface area contributed by atoms with E-state index in [9.17, 15) is 13.6 Å². The highest BCUT2D eigenvalue weighted by Gasteiger charge is 2.28. The minimum atomic E-state index is -0.963. The van der Waals surface area contributed by atoms with Gasteiger partial charge in [0, 0.05) is 22.7 Å². The summed E-state index contributed by atoms with van der Waals surface area (Å²) in [6.45, 7) is 1.12. The molecule has 22 heavy (non-hydrogen) atoms. The summed E-state index contributed by atoms with van der Waals surface area (Å²) in [7, 11) is 0. The minimum absolute atomic E-state index is 0.213. The first-order valence-electron chi connectivity index (χ1n) is 7.16. The minimum Gasteiger partial charge on any atom is -0.325 e. The molecule has 3 rings (SSSR count). The summed E-state index contributed by atoms with van der Waals surface area (Å²) in [6, 6.07) is 7.73. The maximum absolute atomic E-state index is 13.1. The van der Waals surface area contributed by atoms with Crippen molar-refractivity contribution in [3.8, 4) is 0 Å². The van der Waals surface area contributed by atoms with Crippen molar-refractivity contribution in [2.75, 3.05) is 18.4 Å². The van der Waals surface area contributed by atoms with Crippen LogP contribution in [0, 0.1) is 11.6 Å². The summed E-state index contributed by atoms with van der Waals surface area (Å²) >= 11 is 1.69. The van der Waals surface area contributed by atoms with Crippen molar-refractivity contribution in [3.05, 3.63) is 52.2 Å².